The average molecular weight is 967 g/mol. The molecule has 0 unspecified atom stereocenters. The first-order valence-corrected chi connectivity index (χ1v) is 14.0. The Morgan fingerprint density at radius 3 is 1.89 bits per heavy atom. The van der Waals surface area contributed by atoms with Gasteiger partial charge in [0.1, 0.15) is 23.3 Å². The fourth-order valence-electron chi connectivity index (χ4n) is 4.68. The van der Waals surface area contributed by atoms with Crippen molar-refractivity contribution in [3.05, 3.63) is 47.0 Å². The minimum absolute atomic E-state index is 0. The predicted octanol–water partition coefficient (Wildman–Crippen LogP) is 4.26. The van der Waals surface area contributed by atoms with Gasteiger partial charge in [-0.1, -0.05) is 58.3 Å². The fraction of sp³-hybridized carbons (Fsp3) is 0.379. The van der Waals surface area contributed by atoms with Crippen LogP contribution in [-0.2, 0) is 56.9 Å². The number of hydrogen-bond donors (Lipinski definition) is 2. The average Bonchev–Trinajstić information content (AvgIpc) is 3.59. The third-order valence-electron chi connectivity index (χ3n) is 6.91. The summed E-state index contributed by atoms with van der Waals surface area (Å²) < 4.78 is 28.3. The molecule has 6 amide bonds. The van der Waals surface area contributed by atoms with Crippen molar-refractivity contribution in [1.29, 1.82) is 0 Å². The standard InChI is InChI=1S/C14H15FN4O2.C13H13FN4O2.C2H6.2Re/c1-7(2)8-6-11-9(5-10(8)15)13(18-17-11)19-4-3-12(20)16-14(19)21;1-2-7-3-4-8-11(10(7)14)16-17-12(8)18-6-5-9(19)15-13(18)20;1-2;;/h5-7H,3-4H2,1-2H3,(H2,16,17,18,20,21);3-4H,2,5-6H2,1H3,(H2,15,16,17,19,20);1-2H3;;/p-2. The van der Waals surface area contributed by atoms with Gasteiger partial charge in [-0.3, -0.25) is 30.0 Å². The molecular weight excluding hydrogens is 935 g/mol. The largest absolute Gasteiger partial charge is 0.573 e. The molecule has 2 aliphatic rings. The first-order chi connectivity index (χ1) is 20.6. The van der Waals surface area contributed by atoms with E-state index < -0.39 is 17.9 Å². The topological polar surface area (TPSA) is 153 Å². The van der Waals surface area contributed by atoms with E-state index in [2.05, 4.69) is 31.0 Å². The summed E-state index contributed by atoms with van der Waals surface area (Å²) in [7, 11) is 0. The number of aryl methyl sites for hydroxylation is 1. The molecule has 2 aliphatic heterocycles. The van der Waals surface area contributed by atoms with Crippen LogP contribution in [0.25, 0.3) is 21.8 Å². The van der Waals surface area contributed by atoms with E-state index in [1.54, 1.807) is 18.2 Å². The van der Waals surface area contributed by atoms with E-state index in [0.717, 1.165) is 0 Å². The molecule has 0 saturated carbocycles. The summed E-state index contributed by atoms with van der Waals surface area (Å²) in [5, 5.41) is 21.1. The molecule has 242 valence electrons. The third kappa shape index (κ3) is 7.82. The van der Waals surface area contributed by atoms with E-state index in [0.29, 0.717) is 33.8 Å². The number of halogens is 2. The summed E-state index contributed by atoms with van der Waals surface area (Å²) in [5.74, 6) is -0.802. The normalized spacial score (nSPS) is 14.6. The molecule has 16 heteroatoms. The second-order valence-electron chi connectivity index (χ2n) is 9.89. The van der Waals surface area contributed by atoms with Crippen LogP contribution in [0.15, 0.2) is 24.3 Å². The quantitative estimate of drug-likeness (QED) is 0.308. The van der Waals surface area contributed by atoms with Crippen LogP contribution < -0.4 is 30.6 Å². The number of benzene rings is 2. The van der Waals surface area contributed by atoms with E-state index in [1.807, 2.05) is 34.6 Å². The molecule has 0 bridgehead atoms. The first kappa shape index (κ1) is 37.6. The van der Waals surface area contributed by atoms with Crippen LogP contribution >= 0.6 is 0 Å². The Labute approximate surface area is 285 Å². The molecule has 2 saturated heterocycles. The second kappa shape index (κ2) is 16.1. The molecule has 2 aromatic heterocycles. The number of imide groups is 2. The van der Waals surface area contributed by atoms with Gasteiger partial charge in [0.15, 0.2) is 0 Å². The third-order valence-corrected chi connectivity index (χ3v) is 6.91. The number of hydrogen-bond acceptors (Lipinski definition) is 6. The van der Waals surface area contributed by atoms with Crippen molar-refractivity contribution in [2.24, 2.45) is 0 Å². The Morgan fingerprint density at radius 1 is 0.844 bits per heavy atom. The Morgan fingerprint density at radius 2 is 1.38 bits per heavy atom. The SMILES string of the molecule is CC.CC(C)c1cc2[n-]nc(N3CCC(=O)NC3=O)c2cc1F.CCc1ccc2c(N3CCC(=O)NC3=O)n[n-]c2c1F.[Re].[Re]. The number of carbonyl (C=O) groups excluding carboxylic acids is 4. The minimum Gasteiger partial charge on any atom is -0.573 e. The number of urea groups is 2. The Hall–Kier alpha value is -3.56. The number of nitrogens with one attached hydrogen (secondary N) is 2. The van der Waals surface area contributed by atoms with Gasteiger partial charge in [0.2, 0.25) is 11.8 Å². The summed E-state index contributed by atoms with van der Waals surface area (Å²) in [5.41, 5.74) is 1.82. The zero-order valence-corrected chi connectivity index (χ0v) is 30.7. The van der Waals surface area contributed by atoms with E-state index in [-0.39, 0.29) is 107 Å². The van der Waals surface area contributed by atoms with Crippen molar-refractivity contribution in [3.8, 4) is 0 Å². The Bertz CT molecular complexity index is 1710. The molecule has 0 aliphatic carbocycles. The number of aromatic nitrogens is 4. The molecule has 45 heavy (non-hydrogen) atoms. The van der Waals surface area contributed by atoms with Gasteiger partial charge >= 0.3 is 12.1 Å². The van der Waals surface area contributed by atoms with E-state index >= 15 is 0 Å². The van der Waals surface area contributed by atoms with Crippen LogP contribution in [0.1, 0.15) is 64.5 Å². The molecule has 2 radical (unpaired) electrons. The number of rotatable bonds is 4. The van der Waals surface area contributed by atoms with Crippen LogP contribution in [0.3, 0.4) is 0 Å². The minimum atomic E-state index is -0.554. The molecule has 2 aromatic carbocycles. The monoisotopic (exact) mass is 968 g/mol. The zero-order chi connectivity index (χ0) is 31.4. The van der Waals surface area contributed by atoms with Crippen LogP contribution in [0.5, 0.6) is 0 Å². The maximum absolute atomic E-state index is 14.1. The van der Waals surface area contributed by atoms with Crippen molar-refractivity contribution >= 4 is 57.3 Å². The van der Waals surface area contributed by atoms with Crippen molar-refractivity contribution in [2.75, 3.05) is 22.9 Å². The summed E-state index contributed by atoms with van der Waals surface area (Å²) >= 11 is 0. The van der Waals surface area contributed by atoms with Crippen LogP contribution in [0.4, 0.5) is 30.0 Å². The fourth-order valence-corrected chi connectivity index (χ4v) is 4.68. The molecule has 2 N–H and O–H groups in total. The number of carbonyl (C=O) groups is 4. The number of anilines is 2. The summed E-state index contributed by atoms with van der Waals surface area (Å²) in [6.07, 6.45) is 0.935. The molecule has 4 aromatic rings. The molecule has 12 nitrogen and oxygen atoms in total. The van der Waals surface area contributed by atoms with Crippen molar-refractivity contribution in [1.82, 2.24) is 31.0 Å². The molecule has 0 spiro atoms. The zero-order valence-electron chi connectivity index (χ0n) is 25.3. The van der Waals surface area contributed by atoms with E-state index in [9.17, 15) is 28.0 Å². The Balaban J connectivity index is 0.000000285. The maximum Gasteiger partial charge on any atom is 0.329 e. The second-order valence-corrected chi connectivity index (χ2v) is 9.89. The van der Waals surface area contributed by atoms with Gasteiger partial charge in [0.05, 0.1) is 0 Å². The van der Waals surface area contributed by atoms with E-state index in [1.165, 1.54) is 15.9 Å². The smallest absolute Gasteiger partial charge is 0.329 e. The molecule has 4 heterocycles. The predicted molar refractivity (Wildman–Crippen MR) is 156 cm³/mol. The van der Waals surface area contributed by atoms with Crippen molar-refractivity contribution in [2.45, 2.75) is 59.8 Å². The van der Waals surface area contributed by atoms with Crippen molar-refractivity contribution in [3.63, 3.8) is 0 Å². The van der Waals surface area contributed by atoms with Gasteiger partial charge in [-0.2, -0.15) is 0 Å². The number of amides is 6. The summed E-state index contributed by atoms with van der Waals surface area (Å²) in [4.78, 5) is 48.6. The number of fused-ring (bicyclic) bond motifs is 2. The first-order valence-electron chi connectivity index (χ1n) is 14.0. The van der Waals surface area contributed by atoms with E-state index in [4.69, 9.17) is 0 Å². The van der Waals surface area contributed by atoms with Crippen LogP contribution in [-0.4, -0.2) is 47.2 Å². The van der Waals surface area contributed by atoms with Gasteiger partial charge in [-0.15, -0.1) is 5.52 Å². The van der Waals surface area contributed by atoms with Crippen LogP contribution in [0.2, 0.25) is 0 Å². The van der Waals surface area contributed by atoms with Crippen LogP contribution in [0, 0.1) is 11.6 Å². The van der Waals surface area contributed by atoms with Gasteiger partial charge in [-0.25, -0.2) is 18.4 Å². The van der Waals surface area contributed by atoms with Crippen molar-refractivity contribution < 1.29 is 68.8 Å². The van der Waals surface area contributed by atoms with Gasteiger partial charge in [0.25, 0.3) is 0 Å². The summed E-state index contributed by atoms with van der Waals surface area (Å²) in [6, 6.07) is 5.26. The summed E-state index contributed by atoms with van der Waals surface area (Å²) in [6.45, 7) is 10.1. The van der Waals surface area contributed by atoms with Gasteiger partial charge in [-0.05, 0) is 29.5 Å². The van der Waals surface area contributed by atoms with Gasteiger partial charge in [0, 0.05) is 77.5 Å². The van der Waals surface area contributed by atoms with Gasteiger partial charge < -0.3 is 20.4 Å². The molecule has 2 fully saturated rings. The maximum atomic E-state index is 14.1. The molecule has 0 atom stereocenters. The molecule has 6 rings (SSSR count). The molecular formula is C29H32F2N8O4Re2-2. The number of nitrogens with zero attached hydrogens (tertiary/aromatic N) is 6. The Kier molecular flexibility index (Phi) is 13.5.